The molecule has 0 aromatic heterocycles. The molecule has 21 heavy (non-hydrogen) atoms. The van der Waals surface area contributed by atoms with Crippen molar-refractivity contribution in [1.82, 2.24) is 0 Å². The third-order valence-corrected chi connectivity index (χ3v) is 5.64. The fraction of sp³-hybridized carbons (Fsp3) is 0.846. The summed E-state index contributed by atoms with van der Waals surface area (Å²) < 4.78 is 33.1. The summed E-state index contributed by atoms with van der Waals surface area (Å²) in [5, 5.41) is 9.61. The summed E-state index contributed by atoms with van der Waals surface area (Å²) in [5.41, 5.74) is -1.81. The second-order valence-electron chi connectivity index (χ2n) is 5.19. The minimum atomic E-state index is -3.29. The van der Waals surface area contributed by atoms with Crippen LogP contribution in [-0.4, -0.2) is 57.3 Å². The summed E-state index contributed by atoms with van der Waals surface area (Å²) in [6, 6.07) is 0. The fourth-order valence-electron chi connectivity index (χ4n) is 2.78. The number of hydrogen-bond acceptors (Lipinski definition) is 6. The van der Waals surface area contributed by atoms with E-state index in [0.717, 1.165) is 0 Å². The van der Waals surface area contributed by atoms with Crippen molar-refractivity contribution in [3.63, 3.8) is 0 Å². The van der Waals surface area contributed by atoms with Crippen LogP contribution in [0.3, 0.4) is 0 Å². The summed E-state index contributed by atoms with van der Waals surface area (Å²) in [4.78, 5) is 24.1. The standard InChI is InChI=1S/C13H22O7S/c1-3-20-12(16)13(11(14)15,6-4-7-19-2)10-5-8-21(17,18)9-10/h10H,3-9H2,1-2H3,(H,14,15). The van der Waals surface area contributed by atoms with E-state index in [1.807, 2.05) is 0 Å². The summed E-state index contributed by atoms with van der Waals surface area (Å²) in [6.07, 6.45) is 0.522. The molecule has 0 aromatic carbocycles. The zero-order valence-electron chi connectivity index (χ0n) is 12.3. The maximum absolute atomic E-state index is 12.3. The Kier molecular flexibility index (Phi) is 6.15. The summed E-state index contributed by atoms with van der Waals surface area (Å²) >= 11 is 0. The number of rotatable bonds is 8. The van der Waals surface area contributed by atoms with Crippen molar-refractivity contribution < 1.29 is 32.6 Å². The van der Waals surface area contributed by atoms with Crippen LogP contribution in [0.15, 0.2) is 0 Å². The highest BCUT2D eigenvalue weighted by molar-refractivity contribution is 7.91. The molecular weight excluding hydrogens is 300 g/mol. The summed E-state index contributed by atoms with van der Waals surface area (Å²) in [7, 11) is -1.81. The van der Waals surface area contributed by atoms with Crippen LogP contribution in [0.25, 0.3) is 0 Å². The van der Waals surface area contributed by atoms with E-state index in [9.17, 15) is 23.1 Å². The first-order valence-corrected chi connectivity index (χ1v) is 8.72. The lowest BCUT2D eigenvalue weighted by Gasteiger charge is -2.32. The third-order valence-electron chi connectivity index (χ3n) is 3.87. The number of aliphatic carboxylic acids is 1. The lowest BCUT2D eigenvalue weighted by atomic mass is 9.71. The Bertz CT molecular complexity index is 485. The number of esters is 1. The summed E-state index contributed by atoms with van der Waals surface area (Å²) in [5.74, 6) is -3.30. The van der Waals surface area contributed by atoms with Gasteiger partial charge in [-0.05, 0) is 26.2 Å². The Morgan fingerprint density at radius 1 is 1.38 bits per heavy atom. The van der Waals surface area contributed by atoms with E-state index in [-0.39, 0.29) is 31.0 Å². The molecule has 0 aliphatic carbocycles. The lowest BCUT2D eigenvalue weighted by molar-refractivity contribution is -0.173. The number of methoxy groups -OCH3 is 1. The predicted octanol–water partition coefficient (Wildman–Crippen LogP) is 0.482. The topological polar surface area (TPSA) is 107 Å². The van der Waals surface area contributed by atoms with Gasteiger partial charge in [-0.25, -0.2) is 8.42 Å². The van der Waals surface area contributed by atoms with E-state index in [1.54, 1.807) is 6.92 Å². The van der Waals surface area contributed by atoms with Gasteiger partial charge in [0, 0.05) is 19.6 Å². The molecule has 1 N–H and O–H groups in total. The van der Waals surface area contributed by atoms with Crippen LogP contribution >= 0.6 is 0 Å². The molecule has 1 aliphatic heterocycles. The molecule has 0 amide bonds. The predicted molar refractivity (Wildman–Crippen MR) is 74.6 cm³/mol. The molecule has 0 bridgehead atoms. The first kappa shape index (κ1) is 17.9. The van der Waals surface area contributed by atoms with Crippen molar-refractivity contribution in [1.29, 1.82) is 0 Å². The number of carboxylic acids is 1. The van der Waals surface area contributed by atoms with Crippen LogP contribution < -0.4 is 0 Å². The third kappa shape index (κ3) is 3.94. The maximum atomic E-state index is 12.3. The minimum Gasteiger partial charge on any atom is -0.480 e. The minimum absolute atomic E-state index is 0.00912. The molecule has 2 unspecified atom stereocenters. The van der Waals surface area contributed by atoms with Gasteiger partial charge in [-0.3, -0.25) is 9.59 Å². The van der Waals surface area contributed by atoms with E-state index in [4.69, 9.17) is 9.47 Å². The van der Waals surface area contributed by atoms with Crippen molar-refractivity contribution in [2.45, 2.75) is 26.2 Å². The average Bonchev–Trinajstić information content (AvgIpc) is 2.75. The molecule has 2 atom stereocenters. The van der Waals surface area contributed by atoms with Gasteiger partial charge in [-0.2, -0.15) is 0 Å². The van der Waals surface area contributed by atoms with Gasteiger partial charge in [0.2, 0.25) is 0 Å². The van der Waals surface area contributed by atoms with E-state index in [1.165, 1.54) is 7.11 Å². The number of carbonyl (C=O) groups excluding carboxylic acids is 1. The molecule has 0 radical (unpaired) electrons. The van der Waals surface area contributed by atoms with E-state index in [2.05, 4.69) is 0 Å². The van der Waals surface area contributed by atoms with E-state index in [0.29, 0.717) is 13.0 Å². The van der Waals surface area contributed by atoms with Gasteiger partial charge in [0.25, 0.3) is 0 Å². The quantitative estimate of drug-likeness (QED) is 0.393. The van der Waals surface area contributed by atoms with Gasteiger partial charge >= 0.3 is 11.9 Å². The van der Waals surface area contributed by atoms with Crippen molar-refractivity contribution in [3.8, 4) is 0 Å². The Hall–Kier alpha value is -1.15. The van der Waals surface area contributed by atoms with Gasteiger partial charge in [-0.1, -0.05) is 0 Å². The summed E-state index contributed by atoms with van der Waals surface area (Å²) in [6.45, 7) is 1.94. The largest absolute Gasteiger partial charge is 0.480 e. The lowest BCUT2D eigenvalue weighted by Crippen LogP contribution is -2.47. The van der Waals surface area contributed by atoms with Gasteiger partial charge in [0.1, 0.15) is 0 Å². The molecule has 0 saturated carbocycles. The van der Waals surface area contributed by atoms with Crippen LogP contribution in [-0.2, 0) is 28.9 Å². The maximum Gasteiger partial charge on any atom is 0.323 e. The first-order chi connectivity index (χ1) is 9.80. The average molecular weight is 322 g/mol. The zero-order chi connectivity index (χ0) is 16.1. The highest BCUT2D eigenvalue weighted by Gasteiger charge is 2.56. The van der Waals surface area contributed by atoms with Crippen molar-refractivity contribution in [2.75, 3.05) is 31.8 Å². The molecule has 1 rings (SSSR count). The van der Waals surface area contributed by atoms with Crippen LogP contribution in [0.2, 0.25) is 0 Å². The number of sulfone groups is 1. The van der Waals surface area contributed by atoms with Crippen LogP contribution in [0.5, 0.6) is 0 Å². The molecule has 1 saturated heterocycles. The van der Waals surface area contributed by atoms with Crippen LogP contribution in [0.4, 0.5) is 0 Å². The number of carbonyl (C=O) groups is 2. The molecule has 0 aromatic rings. The number of hydrogen-bond donors (Lipinski definition) is 1. The number of carboxylic acid groups (broad SMARTS) is 1. The molecule has 8 heteroatoms. The van der Waals surface area contributed by atoms with Gasteiger partial charge in [-0.15, -0.1) is 0 Å². The zero-order valence-corrected chi connectivity index (χ0v) is 13.1. The Balaban J connectivity index is 3.11. The molecule has 1 fully saturated rings. The van der Waals surface area contributed by atoms with Crippen molar-refractivity contribution in [3.05, 3.63) is 0 Å². The fourth-order valence-corrected chi connectivity index (χ4v) is 4.66. The van der Waals surface area contributed by atoms with Crippen LogP contribution in [0, 0.1) is 11.3 Å². The second-order valence-corrected chi connectivity index (χ2v) is 7.42. The Labute approximate surface area is 124 Å². The van der Waals surface area contributed by atoms with E-state index >= 15 is 0 Å². The molecule has 0 spiro atoms. The van der Waals surface area contributed by atoms with E-state index < -0.39 is 33.1 Å². The monoisotopic (exact) mass is 322 g/mol. The molecule has 1 aliphatic rings. The highest BCUT2D eigenvalue weighted by atomic mass is 32.2. The Morgan fingerprint density at radius 2 is 2.05 bits per heavy atom. The molecule has 7 nitrogen and oxygen atoms in total. The first-order valence-electron chi connectivity index (χ1n) is 6.90. The van der Waals surface area contributed by atoms with Gasteiger partial charge < -0.3 is 14.6 Å². The molecular formula is C13H22O7S. The van der Waals surface area contributed by atoms with Crippen LogP contribution in [0.1, 0.15) is 26.2 Å². The van der Waals surface area contributed by atoms with Crippen molar-refractivity contribution in [2.24, 2.45) is 11.3 Å². The molecule has 122 valence electrons. The van der Waals surface area contributed by atoms with Crippen molar-refractivity contribution >= 4 is 21.8 Å². The Morgan fingerprint density at radius 3 is 2.48 bits per heavy atom. The molecule has 1 heterocycles. The SMILES string of the molecule is CCOC(=O)C(CCCOC)(C(=O)O)C1CCS(=O)(=O)C1. The highest BCUT2D eigenvalue weighted by Crippen LogP contribution is 2.41. The normalized spacial score (nSPS) is 23.4. The number of ether oxygens (including phenoxy) is 2. The van der Waals surface area contributed by atoms with Gasteiger partial charge in [0.15, 0.2) is 15.3 Å². The second kappa shape index (κ2) is 7.22. The van der Waals surface area contributed by atoms with Gasteiger partial charge in [0.05, 0.1) is 18.1 Å². The smallest absolute Gasteiger partial charge is 0.323 e.